The van der Waals surface area contributed by atoms with Gasteiger partial charge in [-0.3, -0.25) is 9.69 Å². The van der Waals surface area contributed by atoms with Crippen molar-refractivity contribution in [2.75, 3.05) is 13.1 Å². The van der Waals surface area contributed by atoms with Crippen molar-refractivity contribution in [3.63, 3.8) is 0 Å². The summed E-state index contributed by atoms with van der Waals surface area (Å²) in [6.07, 6.45) is 7.01. The molecule has 28 heavy (non-hydrogen) atoms. The van der Waals surface area contributed by atoms with Gasteiger partial charge in [-0.2, -0.15) is 0 Å². The standard InChI is InChI=1S/C20H27FN6O/c21-17-9-5-4-8-16(17)18(26-12-10-14(11-13-26)19(22)28)20-23-24-25-27(20)15-6-2-1-3-7-15/h4-5,8-9,14-15,18H,1-3,6-7,10-13H2,(H2,22,28)/t18-/m0/s1. The van der Waals surface area contributed by atoms with Crippen molar-refractivity contribution < 1.29 is 9.18 Å². The van der Waals surface area contributed by atoms with Crippen molar-refractivity contribution in [2.45, 2.75) is 57.0 Å². The number of halogens is 1. The summed E-state index contributed by atoms with van der Waals surface area (Å²) >= 11 is 0. The Bertz CT molecular complexity index is 811. The molecule has 0 spiro atoms. The first kappa shape index (κ1) is 19.0. The number of hydrogen-bond donors (Lipinski definition) is 1. The highest BCUT2D eigenvalue weighted by atomic mass is 19.1. The molecule has 1 aliphatic carbocycles. The van der Waals surface area contributed by atoms with Crippen molar-refractivity contribution in [3.8, 4) is 0 Å². The number of hydrogen-bond acceptors (Lipinski definition) is 5. The van der Waals surface area contributed by atoms with Crippen LogP contribution in [0.15, 0.2) is 24.3 Å². The number of carbonyl (C=O) groups excluding carboxylic acids is 1. The van der Waals surface area contributed by atoms with Gasteiger partial charge < -0.3 is 5.73 Å². The molecule has 1 saturated carbocycles. The van der Waals surface area contributed by atoms with Gasteiger partial charge >= 0.3 is 0 Å². The fourth-order valence-corrected chi connectivity index (χ4v) is 4.60. The number of primary amides is 1. The average molecular weight is 386 g/mol. The van der Waals surface area contributed by atoms with Gasteiger partial charge in [0.2, 0.25) is 5.91 Å². The zero-order valence-electron chi connectivity index (χ0n) is 16.0. The first-order valence-electron chi connectivity index (χ1n) is 10.2. The van der Waals surface area contributed by atoms with Gasteiger partial charge in [0, 0.05) is 11.5 Å². The van der Waals surface area contributed by atoms with Crippen molar-refractivity contribution in [1.29, 1.82) is 0 Å². The minimum absolute atomic E-state index is 0.119. The SMILES string of the molecule is NC(=O)C1CCN([C@@H](c2ccccc2F)c2nnnn2C2CCCCC2)CC1. The third-order valence-electron chi connectivity index (χ3n) is 6.18. The monoisotopic (exact) mass is 386 g/mol. The number of rotatable bonds is 5. The minimum Gasteiger partial charge on any atom is -0.369 e. The van der Waals surface area contributed by atoms with Gasteiger partial charge in [0.05, 0.1) is 6.04 Å². The lowest BCUT2D eigenvalue weighted by Gasteiger charge is -2.37. The predicted octanol–water partition coefficient (Wildman–Crippen LogP) is 2.60. The van der Waals surface area contributed by atoms with Crippen LogP contribution >= 0.6 is 0 Å². The van der Waals surface area contributed by atoms with E-state index in [4.69, 9.17) is 5.73 Å². The van der Waals surface area contributed by atoms with Gasteiger partial charge in [-0.25, -0.2) is 9.07 Å². The first-order chi connectivity index (χ1) is 13.6. The fourth-order valence-electron chi connectivity index (χ4n) is 4.60. The predicted molar refractivity (Wildman–Crippen MR) is 102 cm³/mol. The van der Waals surface area contributed by atoms with E-state index < -0.39 is 0 Å². The Morgan fingerprint density at radius 1 is 1.11 bits per heavy atom. The summed E-state index contributed by atoms with van der Waals surface area (Å²) in [5, 5.41) is 12.6. The van der Waals surface area contributed by atoms with Crippen LogP contribution in [-0.4, -0.2) is 44.1 Å². The van der Waals surface area contributed by atoms with E-state index in [1.165, 1.54) is 25.3 Å². The molecule has 1 saturated heterocycles. The summed E-state index contributed by atoms with van der Waals surface area (Å²) < 4.78 is 16.7. The number of nitrogens with zero attached hydrogens (tertiary/aromatic N) is 5. The molecular formula is C20H27FN6O. The van der Waals surface area contributed by atoms with Crippen molar-refractivity contribution >= 4 is 5.91 Å². The molecule has 0 unspecified atom stereocenters. The van der Waals surface area contributed by atoms with E-state index in [1.807, 2.05) is 10.7 Å². The van der Waals surface area contributed by atoms with Gasteiger partial charge in [0.1, 0.15) is 11.9 Å². The molecular weight excluding hydrogens is 359 g/mol. The van der Waals surface area contributed by atoms with Crippen LogP contribution in [0.3, 0.4) is 0 Å². The maximum Gasteiger partial charge on any atom is 0.220 e. The van der Waals surface area contributed by atoms with E-state index in [9.17, 15) is 9.18 Å². The molecule has 1 atom stereocenters. The Morgan fingerprint density at radius 3 is 2.50 bits per heavy atom. The lowest BCUT2D eigenvalue weighted by Crippen LogP contribution is -2.42. The Kier molecular flexibility index (Phi) is 5.66. The lowest BCUT2D eigenvalue weighted by molar-refractivity contribution is -0.123. The van der Waals surface area contributed by atoms with Crippen molar-refractivity contribution in [1.82, 2.24) is 25.1 Å². The quantitative estimate of drug-likeness (QED) is 0.853. The number of likely N-dealkylation sites (tertiary alicyclic amines) is 1. The Morgan fingerprint density at radius 2 is 1.82 bits per heavy atom. The molecule has 8 heteroatoms. The lowest BCUT2D eigenvalue weighted by atomic mass is 9.92. The third-order valence-corrected chi connectivity index (χ3v) is 6.18. The summed E-state index contributed by atoms with van der Waals surface area (Å²) in [5.41, 5.74) is 6.06. The maximum absolute atomic E-state index is 14.8. The van der Waals surface area contributed by atoms with Crippen LogP contribution in [0.25, 0.3) is 0 Å². The molecule has 1 amide bonds. The second kappa shape index (κ2) is 8.34. The molecule has 1 aliphatic heterocycles. The molecule has 2 heterocycles. The number of benzene rings is 1. The topological polar surface area (TPSA) is 89.9 Å². The van der Waals surface area contributed by atoms with Gasteiger partial charge in [-0.05, 0) is 55.3 Å². The molecule has 2 fully saturated rings. The summed E-state index contributed by atoms with van der Waals surface area (Å²) in [5.74, 6) is 0.0539. The smallest absolute Gasteiger partial charge is 0.220 e. The molecule has 2 aromatic rings. The Balaban J connectivity index is 1.68. The normalized spacial score (nSPS) is 20.9. The zero-order chi connectivity index (χ0) is 19.5. The number of piperidine rings is 1. The van der Waals surface area contributed by atoms with Crippen molar-refractivity contribution in [2.24, 2.45) is 11.7 Å². The van der Waals surface area contributed by atoms with E-state index in [0.717, 1.165) is 12.8 Å². The molecule has 4 rings (SSSR count). The Hall–Kier alpha value is -2.35. The maximum atomic E-state index is 14.8. The highest BCUT2D eigenvalue weighted by Crippen LogP contribution is 2.35. The molecule has 2 aliphatic rings. The number of aromatic nitrogens is 4. The second-order valence-electron chi connectivity index (χ2n) is 7.91. The largest absolute Gasteiger partial charge is 0.369 e. The number of tetrazole rings is 1. The summed E-state index contributed by atoms with van der Waals surface area (Å²) in [6.45, 7) is 1.31. The molecule has 7 nitrogen and oxygen atoms in total. The van der Waals surface area contributed by atoms with E-state index in [0.29, 0.717) is 37.3 Å². The van der Waals surface area contributed by atoms with Gasteiger partial charge in [0.25, 0.3) is 0 Å². The fraction of sp³-hybridized carbons (Fsp3) is 0.600. The molecule has 0 bridgehead atoms. The number of carbonyl (C=O) groups is 1. The summed E-state index contributed by atoms with van der Waals surface area (Å²) in [7, 11) is 0. The van der Waals surface area contributed by atoms with Gasteiger partial charge in [-0.15, -0.1) is 5.10 Å². The zero-order valence-corrected chi connectivity index (χ0v) is 16.0. The van der Waals surface area contributed by atoms with E-state index in [-0.39, 0.29) is 29.7 Å². The first-order valence-corrected chi connectivity index (χ1v) is 10.2. The van der Waals surface area contributed by atoms with Crippen LogP contribution in [0.5, 0.6) is 0 Å². The van der Waals surface area contributed by atoms with Crippen LogP contribution in [0, 0.1) is 11.7 Å². The highest BCUT2D eigenvalue weighted by Gasteiger charge is 2.35. The second-order valence-corrected chi connectivity index (χ2v) is 7.91. The Labute approximate surface area is 164 Å². The number of nitrogens with two attached hydrogens (primary N) is 1. The van der Waals surface area contributed by atoms with Crippen LogP contribution in [0.1, 0.15) is 68.4 Å². The van der Waals surface area contributed by atoms with E-state index in [2.05, 4.69) is 20.4 Å². The van der Waals surface area contributed by atoms with Crippen molar-refractivity contribution in [3.05, 3.63) is 41.5 Å². The van der Waals surface area contributed by atoms with Gasteiger partial charge in [-0.1, -0.05) is 37.5 Å². The average Bonchev–Trinajstić information content (AvgIpc) is 3.20. The highest BCUT2D eigenvalue weighted by molar-refractivity contribution is 5.76. The molecule has 0 radical (unpaired) electrons. The minimum atomic E-state index is -0.369. The van der Waals surface area contributed by atoms with E-state index in [1.54, 1.807) is 12.1 Å². The van der Waals surface area contributed by atoms with Crippen LogP contribution in [0.2, 0.25) is 0 Å². The van der Waals surface area contributed by atoms with Crippen LogP contribution in [0.4, 0.5) is 4.39 Å². The molecule has 2 N–H and O–H groups in total. The third kappa shape index (κ3) is 3.78. The summed E-state index contributed by atoms with van der Waals surface area (Å²) in [4.78, 5) is 13.7. The molecule has 1 aromatic carbocycles. The molecule has 150 valence electrons. The van der Waals surface area contributed by atoms with Gasteiger partial charge in [0.15, 0.2) is 5.82 Å². The summed E-state index contributed by atoms with van der Waals surface area (Å²) in [6, 6.07) is 6.71. The van der Waals surface area contributed by atoms with Crippen LogP contribution in [-0.2, 0) is 4.79 Å². The number of amides is 1. The van der Waals surface area contributed by atoms with Crippen LogP contribution < -0.4 is 5.73 Å². The van der Waals surface area contributed by atoms with E-state index >= 15 is 0 Å². The molecule has 1 aromatic heterocycles.